The summed E-state index contributed by atoms with van der Waals surface area (Å²) in [4.78, 5) is 26.6. The van der Waals surface area contributed by atoms with Crippen LogP contribution in [0.15, 0.2) is 42.5 Å². The van der Waals surface area contributed by atoms with Gasteiger partial charge in [-0.15, -0.1) is 0 Å². The van der Waals surface area contributed by atoms with Gasteiger partial charge in [-0.05, 0) is 42.8 Å². The van der Waals surface area contributed by atoms with Crippen LogP contribution in [0.1, 0.15) is 22.3 Å². The SMILES string of the molecule is COCCCNC(=O)c1cc(NC(=O)Nc2cccc(C(F)(F)F)c2)ccc1N(C)C. The third kappa shape index (κ3) is 7.18. The summed E-state index contributed by atoms with van der Waals surface area (Å²) in [6, 6.07) is 8.36. The second-order valence-corrected chi connectivity index (χ2v) is 6.89. The van der Waals surface area contributed by atoms with E-state index in [4.69, 9.17) is 4.74 Å². The molecule has 31 heavy (non-hydrogen) atoms. The van der Waals surface area contributed by atoms with Crippen LogP contribution in [0.3, 0.4) is 0 Å². The number of urea groups is 1. The van der Waals surface area contributed by atoms with Crippen molar-refractivity contribution in [2.75, 3.05) is 49.9 Å². The van der Waals surface area contributed by atoms with Gasteiger partial charge in [0.25, 0.3) is 5.91 Å². The van der Waals surface area contributed by atoms with Crippen molar-refractivity contribution in [2.45, 2.75) is 12.6 Å². The number of carbonyl (C=O) groups is 2. The number of nitrogens with zero attached hydrogens (tertiary/aromatic N) is 1. The lowest BCUT2D eigenvalue weighted by Crippen LogP contribution is -2.27. The first-order valence-corrected chi connectivity index (χ1v) is 9.45. The molecule has 3 N–H and O–H groups in total. The van der Waals surface area contributed by atoms with E-state index in [1.54, 1.807) is 38.2 Å². The Morgan fingerprint density at radius 3 is 2.32 bits per heavy atom. The molecule has 2 rings (SSSR count). The van der Waals surface area contributed by atoms with Gasteiger partial charge in [-0.1, -0.05) is 6.07 Å². The molecule has 10 heteroatoms. The fourth-order valence-corrected chi connectivity index (χ4v) is 2.77. The molecule has 0 radical (unpaired) electrons. The molecule has 0 unspecified atom stereocenters. The molecule has 0 saturated carbocycles. The molecule has 0 aliphatic rings. The van der Waals surface area contributed by atoms with Crippen LogP contribution in [-0.2, 0) is 10.9 Å². The van der Waals surface area contributed by atoms with Gasteiger partial charge in [-0.3, -0.25) is 4.79 Å². The number of benzene rings is 2. The summed E-state index contributed by atoms with van der Waals surface area (Å²) in [5.74, 6) is -0.318. The molecule has 0 heterocycles. The Balaban J connectivity index is 2.12. The van der Waals surface area contributed by atoms with E-state index >= 15 is 0 Å². The third-order valence-electron chi connectivity index (χ3n) is 4.24. The molecular weight excluding hydrogens is 413 g/mol. The average Bonchev–Trinajstić information content (AvgIpc) is 2.70. The molecule has 0 bridgehead atoms. The number of methoxy groups -OCH3 is 1. The van der Waals surface area contributed by atoms with E-state index in [1.165, 1.54) is 18.2 Å². The number of rotatable bonds is 8. The van der Waals surface area contributed by atoms with Crippen molar-refractivity contribution >= 4 is 29.0 Å². The Morgan fingerprint density at radius 1 is 1.03 bits per heavy atom. The van der Waals surface area contributed by atoms with E-state index < -0.39 is 17.8 Å². The van der Waals surface area contributed by atoms with Crippen LogP contribution in [-0.4, -0.2) is 46.3 Å². The summed E-state index contributed by atoms with van der Waals surface area (Å²) in [6.07, 6.45) is -3.86. The largest absolute Gasteiger partial charge is 0.416 e. The average molecular weight is 438 g/mol. The smallest absolute Gasteiger partial charge is 0.385 e. The van der Waals surface area contributed by atoms with E-state index in [1.807, 2.05) is 0 Å². The number of alkyl halides is 3. The van der Waals surface area contributed by atoms with Crippen LogP contribution in [0.2, 0.25) is 0 Å². The maximum Gasteiger partial charge on any atom is 0.416 e. The monoisotopic (exact) mass is 438 g/mol. The van der Waals surface area contributed by atoms with Gasteiger partial charge < -0.3 is 25.6 Å². The zero-order chi connectivity index (χ0) is 23.0. The molecule has 7 nitrogen and oxygen atoms in total. The van der Waals surface area contributed by atoms with Crippen molar-refractivity contribution in [2.24, 2.45) is 0 Å². The van der Waals surface area contributed by atoms with Crippen LogP contribution in [0.4, 0.5) is 35.0 Å². The van der Waals surface area contributed by atoms with Crippen LogP contribution in [0.5, 0.6) is 0 Å². The second-order valence-electron chi connectivity index (χ2n) is 6.89. The lowest BCUT2D eigenvalue weighted by molar-refractivity contribution is -0.137. The lowest BCUT2D eigenvalue weighted by atomic mass is 10.1. The van der Waals surface area contributed by atoms with Crippen LogP contribution in [0, 0.1) is 0 Å². The fraction of sp³-hybridized carbons (Fsp3) is 0.333. The number of hydrogen-bond donors (Lipinski definition) is 3. The van der Waals surface area contributed by atoms with Gasteiger partial charge in [-0.25, -0.2) is 4.79 Å². The van der Waals surface area contributed by atoms with E-state index in [0.717, 1.165) is 12.1 Å². The number of ether oxygens (including phenoxy) is 1. The summed E-state index contributed by atoms with van der Waals surface area (Å²) >= 11 is 0. The Kier molecular flexibility index (Phi) is 8.26. The Bertz CT molecular complexity index is 917. The van der Waals surface area contributed by atoms with Crippen molar-refractivity contribution in [3.8, 4) is 0 Å². The molecule has 0 aliphatic heterocycles. The van der Waals surface area contributed by atoms with Crippen molar-refractivity contribution < 1.29 is 27.5 Å². The highest BCUT2D eigenvalue weighted by molar-refractivity contribution is 6.04. The Labute approximate surface area is 178 Å². The normalized spacial score (nSPS) is 11.0. The van der Waals surface area contributed by atoms with E-state index in [9.17, 15) is 22.8 Å². The van der Waals surface area contributed by atoms with Crippen LogP contribution in [0.25, 0.3) is 0 Å². The predicted molar refractivity (Wildman–Crippen MR) is 114 cm³/mol. The molecular formula is C21H25F3N4O3. The maximum atomic E-state index is 12.8. The van der Waals surface area contributed by atoms with Gasteiger partial charge >= 0.3 is 12.2 Å². The highest BCUT2D eigenvalue weighted by atomic mass is 19.4. The molecule has 0 spiro atoms. The van der Waals surface area contributed by atoms with Crippen molar-refractivity contribution in [3.05, 3.63) is 53.6 Å². The zero-order valence-electron chi connectivity index (χ0n) is 17.5. The van der Waals surface area contributed by atoms with Crippen molar-refractivity contribution in [3.63, 3.8) is 0 Å². The molecule has 0 atom stereocenters. The van der Waals surface area contributed by atoms with Gasteiger partial charge in [-0.2, -0.15) is 13.2 Å². The van der Waals surface area contributed by atoms with Crippen LogP contribution < -0.4 is 20.9 Å². The predicted octanol–water partition coefficient (Wildman–Crippen LogP) is 4.18. The van der Waals surface area contributed by atoms with E-state index in [0.29, 0.717) is 36.5 Å². The fourth-order valence-electron chi connectivity index (χ4n) is 2.77. The van der Waals surface area contributed by atoms with Gasteiger partial charge in [0.2, 0.25) is 0 Å². The molecule has 2 aromatic rings. The number of carbonyl (C=O) groups excluding carboxylic acids is 2. The summed E-state index contributed by atoms with van der Waals surface area (Å²) < 4.78 is 43.4. The number of hydrogen-bond acceptors (Lipinski definition) is 4. The van der Waals surface area contributed by atoms with Crippen LogP contribution >= 0.6 is 0 Å². The maximum absolute atomic E-state index is 12.8. The molecule has 0 aliphatic carbocycles. The number of nitrogens with one attached hydrogen (secondary N) is 3. The standard InChI is InChI=1S/C21H25F3N4O3/c1-28(2)18-9-8-16(13-17(18)19(29)25-10-5-11-31-3)27-20(30)26-15-7-4-6-14(12-15)21(22,23)24/h4,6-9,12-13H,5,10-11H2,1-3H3,(H,25,29)(H2,26,27,30). The number of anilines is 3. The molecule has 0 aromatic heterocycles. The summed E-state index contributed by atoms with van der Waals surface area (Å²) in [6.45, 7) is 0.936. The lowest BCUT2D eigenvalue weighted by Gasteiger charge is -2.18. The van der Waals surface area contributed by atoms with Crippen molar-refractivity contribution in [1.82, 2.24) is 5.32 Å². The summed E-state index contributed by atoms with van der Waals surface area (Å²) in [5, 5.41) is 7.69. The number of amides is 3. The highest BCUT2D eigenvalue weighted by Crippen LogP contribution is 2.30. The van der Waals surface area contributed by atoms with E-state index in [2.05, 4.69) is 16.0 Å². The Morgan fingerprint density at radius 2 is 1.71 bits per heavy atom. The quantitative estimate of drug-likeness (QED) is 0.540. The summed E-state index contributed by atoms with van der Waals surface area (Å²) in [5.41, 5.74) is 0.436. The third-order valence-corrected chi connectivity index (χ3v) is 4.24. The minimum Gasteiger partial charge on any atom is -0.385 e. The van der Waals surface area contributed by atoms with Crippen molar-refractivity contribution in [1.29, 1.82) is 0 Å². The first kappa shape index (κ1) is 24.0. The molecule has 0 saturated heterocycles. The molecule has 3 amide bonds. The zero-order valence-corrected chi connectivity index (χ0v) is 17.5. The van der Waals surface area contributed by atoms with Gasteiger partial charge in [0, 0.05) is 51.4 Å². The van der Waals surface area contributed by atoms with Gasteiger partial charge in [0.15, 0.2) is 0 Å². The number of halogens is 3. The minimum atomic E-state index is -4.51. The second kappa shape index (κ2) is 10.7. The Hall–Kier alpha value is -3.27. The first-order valence-electron chi connectivity index (χ1n) is 9.45. The topological polar surface area (TPSA) is 82.7 Å². The molecule has 168 valence electrons. The minimum absolute atomic E-state index is 0.00616. The van der Waals surface area contributed by atoms with Gasteiger partial charge in [0.1, 0.15) is 0 Å². The van der Waals surface area contributed by atoms with Gasteiger partial charge in [0.05, 0.1) is 11.1 Å². The van der Waals surface area contributed by atoms with E-state index in [-0.39, 0.29) is 11.6 Å². The first-order chi connectivity index (χ1) is 14.6. The summed E-state index contributed by atoms with van der Waals surface area (Å²) in [7, 11) is 5.14. The molecule has 2 aromatic carbocycles. The molecule has 0 fully saturated rings. The highest BCUT2D eigenvalue weighted by Gasteiger charge is 2.30.